The van der Waals surface area contributed by atoms with Crippen LogP contribution < -0.4 is 0 Å². The van der Waals surface area contributed by atoms with Crippen molar-refractivity contribution in [1.82, 2.24) is 10.2 Å². The minimum absolute atomic E-state index is 0.0902. The van der Waals surface area contributed by atoms with Crippen LogP contribution in [0.15, 0.2) is 48.5 Å². The third-order valence-corrected chi connectivity index (χ3v) is 2.96. The molecule has 1 aromatic heterocycles. The van der Waals surface area contributed by atoms with Gasteiger partial charge in [-0.2, -0.15) is 18.3 Å². The molecule has 19 heavy (non-hydrogen) atoms. The SMILES string of the molecule is FC(F)(F)c1ccccc1-c1n[nH]c2ccccc12. The predicted molar refractivity (Wildman–Crippen MR) is 66.5 cm³/mol. The van der Waals surface area contributed by atoms with Gasteiger partial charge in [-0.3, -0.25) is 5.10 Å². The van der Waals surface area contributed by atoms with Crippen LogP contribution in [0, 0.1) is 0 Å². The van der Waals surface area contributed by atoms with Gasteiger partial charge in [-0.15, -0.1) is 0 Å². The molecule has 1 N–H and O–H groups in total. The zero-order valence-electron chi connectivity index (χ0n) is 9.70. The molecule has 0 radical (unpaired) electrons. The molecule has 0 amide bonds. The van der Waals surface area contributed by atoms with Crippen LogP contribution in [-0.2, 0) is 6.18 Å². The number of hydrogen-bond acceptors (Lipinski definition) is 1. The summed E-state index contributed by atoms with van der Waals surface area (Å²) in [5, 5.41) is 7.44. The van der Waals surface area contributed by atoms with Crippen molar-refractivity contribution in [2.75, 3.05) is 0 Å². The van der Waals surface area contributed by atoms with E-state index in [2.05, 4.69) is 10.2 Å². The Kier molecular flexibility index (Phi) is 2.55. The van der Waals surface area contributed by atoms with Gasteiger partial charge in [-0.1, -0.05) is 36.4 Å². The third kappa shape index (κ3) is 1.97. The average molecular weight is 262 g/mol. The van der Waals surface area contributed by atoms with Crippen LogP contribution in [-0.4, -0.2) is 10.2 Å². The standard InChI is InChI=1S/C14H9F3N2/c15-14(16,17)11-7-3-1-5-9(11)13-10-6-2-4-8-12(10)18-19-13/h1-8H,(H,18,19). The van der Waals surface area contributed by atoms with Crippen molar-refractivity contribution in [3.8, 4) is 11.3 Å². The zero-order valence-corrected chi connectivity index (χ0v) is 9.70. The molecule has 0 spiro atoms. The summed E-state index contributed by atoms with van der Waals surface area (Å²) in [4.78, 5) is 0. The molecule has 0 saturated heterocycles. The number of benzene rings is 2. The first-order valence-corrected chi connectivity index (χ1v) is 5.67. The highest BCUT2D eigenvalue weighted by molar-refractivity contribution is 5.93. The van der Waals surface area contributed by atoms with Crippen molar-refractivity contribution in [2.24, 2.45) is 0 Å². The fourth-order valence-corrected chi connectivity index (χ4v) is 2.11. The quantitative estimate of drug-likeness (QED) is 0.697. The molecule has 0 aliphatic rings. The average Bonchev–Trinajstić information content (AvgIpc) is 2.81. The highest BCUT2D eigenvalue weighted by Gasteiger charge is 2.34. The molecule has 2 nitrogen and oxygen atoms in total. The number of halogens is 3. The van der Waals surface area contributed by atoms with E-state index in [0.29, 0.717) is 11.1 Å². The van der Waals surface area contributed by atoms with E-state index in [-0.39, 0.29) is 5.56 Å². The van der Waals surface area contributed by atoms with E-state index in [9.17, 15) is 13.2 Å². The Labute approximate surface area is 106 Å². The number of H-pyrrole nitrogens is 1. The van der Waals surface area contributed by atoms with Crippen LogP contribution in [0.5, 0.6) is 0 Å². The minimum atomic E-state index is -4.39. The minimum Gasteiger partial charge on any atom is -0.277 e. The van der Waals surface area contributed by atoms with Crippen LogP contribution in [0.3, 0.4) is 0 Å². The lowest BCUT2D eigenvalue weighted by molar-refractivity contribution is -0.137. The lowest BCUT2D eigenvalue weighted by Gasteiger charge is -2.11. The topological polar surface area (TPSA) is 28.7 Å². The molecule has 3 rings (SSSR count). The second-order valence-corrected chi connectivity index (χ2v) is 4.16. The van der Waals surface area contributed by atoms with E-state index in [1.54, 1.807) is 30.3 Å². The number of nitrogens with one attached hydrogen (secondary N) is 1. The fraction of sp³-hybridized carbons (Fsp3) is 0.0714. The first-order valence-electron chi connectivity index (χ1n) is 5.67. The van der Waals surface area contributed by atoms with Crippen LogP contribution in [0.25, 0.3) is 22.2 Å². The monoisotopic (exact) mass is 262 g/mol. The molecule has 5 heteroatoms. The Balaban J connectivity index is 2.28. The van der Waals surface area contributed by atoms with Crippen LogP contribution in [0.4, 0.5) is 13.2 Å². The maximum absolute atomic E-state index is 13.0. The van der Waals surface area contributed by atoms with Crippen molar-refractivity contribution in [3.05, 3.63) is 54.1 Å². The van der Waals surface area contributed by atoms with Gasteiger partial charge in [0.25, 0.3) is 0 Å². The number of nitrogens with zero attached hydrogens (tertiary/aromatic N) is 1. The number of fused-ring (bicyclic) bond motifs is 1. The molecule has 0 bridgehead atoms. The molecular weight excluding hydrogens is 253 g/mol. The van der Waals surface area contributed by atoms with E-state index in [1.807, 2.05) is 0 Å². The van der Waals surface area contributed by atoms with Gasteiger partial charge in [-0.05, 0) is 12.1 Å². The molecule has 96 valence electrons. The molecule has 0 aliphatic heterocycles. The second kappa shape index (κ2) is 4.12. The van der Waals surface area contributed by atoms with Crippen molar-refractivity contribution < 1.29 is 13.2 Å². The number of rotatable bonds is 1. The number of hydrogen-bond donors (Lipinski definition) is 1. The Bertz CT molecular complexity index is 729. The van der Waals surface area contributed by atoms with E-state index in [0.717, 1.165) is 11.6 Å². The van der Waals surface area contributed by atoms with Gasteiger partial charge in [0.1, 0.15) is 5.69 Å². The van der Waals surface area contributed by atoms with E-state index in [1.165, 1.54) is 12.1 Å². The van der Waals surface area contributed by atoms with E-state index >= 15 is 0 Å². The largest absolute Gasteiger partial charge is 0.417 e. The fourth-order valence-electron chi connectivity index (χ4n) is 2.11. The lowest BCUT2D eigenvalue weighted by atomic mass is 10.0. The summed E-state index contributed by atoms with van der Waals surface area (Å²) in [6.07, 6.45) is -4.39. The summed E-state index contributed by atoms with van der Waals surface area (Å²) in [6.45, 7) is 0. The molecule has 0 unspecified atom stereocenters. The highest BCUT2D eigenvalue weighted by Crippen LogP contribution is 2.38. The summed E-state index contributed by atoms with van der Waals surface area (Å²) in [7, 11) is 0. The number of alkyl halides is 3. The normalized spacial score (nSPS) is 11.9. The first-order chi connectivity index (χ1) is 9.07. The summed E-state index contributed by atoms with van der Waals surface area (Å²) in [6, 6.07) is 12.6. The molecule has 2 aromatic carbocycles. The Morgan fingerprint density at radius 1 is 0.895 bits per heavy atom. The maximum Gasteiger partial charge on any atom is 0.417 e. The molecule has 0 aliphatic carbocycles. The van der Waals surface area contributed by atoms with E-state index in [4.69, 9.17) is 0 Å². The van der Waals surface area contributed by atoms with Gasteiger partial charge in [0.15, 0.2) is 0 Å². The Morgan fingerprint density at radius 2 is 1.58 bits per heavy atom. The van der Waals surface area contributed by atoms with Crippen molar-refractivity contribution >= 4 is 10.9 Å². The molecule has 0 fully saturated rings. The van der Waals surface area contributed by atoms with Crippen LogP contribution in [0.1, 0.15) is 5.56 Å². The summed E-state index contributed by atoms with van der Waals surface area (Å²) in [5.74, 6) is 0. The molecule has 3 aromatic rings. The van der Waals surface area contributed by atoms with Gasteiger partial charge in [0.2, 0.25) is 0 Å². The number of para-hydroxylation sites is 1. The first kappa shape index (κ1) is 11.8. The summed E-state index contributed by atoms with van der Waals surface area (Å²) >= 11 is 0. The Morgan fingerprint density at radius 3 is 2.37 bits per heavy atom. The third-order valence-electron chi connectivity index (χ3n) is 2.96. The number of aromatic amines is 1. The smallest absolute Gasteiger partial charge is 0.277 e. The maximum atomic E-state index is 13.0. The summed E-state index contributed by atoms with van der Waals surface area (Å²) < 4.78 is 39.0. The molecule has 0 saturated carbocycles. The van der Waals surface area contributed by atoms with Gasteiger partial charge in [-0.25, -0.2) is 0 Å². The van der Waals surface area contributed by atoms with Crippen molar-refractivity contribution in [2.45, 2.75) is 6.18 Å². The van der Waals surface area contributed by atoms with Crippen LogP contribution >= 0.6 is 0 Å². The number of aromatic nitrogens is 2. The predicted octanol–water partition coefficient (Wildman–Crippen LogP) is 4.25. The molecular formula is C14H9F3N2. The van der Waals surface area contributed by atoms with Gasteiger partial charge in [0.05, 0.1) is 11.1 Å². The second-order valence-electron chi connectivity index (χ2n) is 4.16. The van der Waals surface area contributed by atoms with Crippen molar-refractivity contribution in [1.29, 1.82) is 0 Å². The highest BCUT2D eigenvalue weighted by atomic mass is 19.4. The summed E-state index contributed by atoms with van der Waals surface area (Å²) in [5.41, 5.74) is 0.456. The lowest BCUT2D eigenvalue weighted by Crippen LogP contribution is -2.07. The molecule has 1 heterocycles. The van der Waals surface area contributed by atoms with Crippen molar-refractivity contribution in [3.63, 3.8) is 0 Å². The van der Waals surface area contributed by atoms with Gasteiger partial charge < -0.3 is 0 Å². The van der Waals surface area contributed by atoms with E-state index < -0.39 is 11.7 Å². The van der Waals surface area contributed by atoms with Gasteiger partial charge >= 0.3 is 6.18 Å². The van der Waals surface area contributed by atoms with Gasteiger partial charge in [0, 0.05) is 10.9 Å². The Hall–Kier alpha value is -2.30. The molecule has 0 atom stereocenters. The van der Waals surface area contributed by atoms with Crippen LogP contribution in [0.2, 0.25) is 0 Å². The zero-order chi connectivity index (χ0) is 13.5.